The Kier molecular flexibility index (Phi) is 2.88. The van der Waals surface area contributed by atoms with E-state index in [2.05, 4.69) is 4.98 Å². The van der Waals surface area contributed by atoms with Crippen LogP contribution in [0.15, 0.2) is 36.4 Å². The number of H-pyrrole nitrogens is 1. The van der Waals surface area contributed by atoms with Crippen LogP contribution >= 0.6 is 23.8 Å². The van der Waals surface area contributed by atoms with Gasteiger partial charge in [-0.15, -0.1) is 0 Å². The van der Waals surface area contributed by atoms with Gasteiger partial charge in [0.05, 0.1) is 16.2 Å². The molecule has 1 N–H and O–H groups in total. The zero-order valence-corrected chi connectivity index (χ0v) is 11.0. The molecule has 3 rings (SSSR count). The number of aromatic amines is 1. The van der Waals surface area contributed by atoms with E-state index >= 15 is 0 Å². The minimum Gasteiger partial charge on any atom is -0.328 e. The van der Waals surface area contributed by atoms with Gasteiger partial charge in [0, 0.05) is 12.1 Å². The van der Waals surface area contributed by atoms with Gasteiger partial charge in [0.2, 0.25) is 0 Å². The molecule has 0 spiro atoms. The van der Waals surface area contributed by atoms with E-state index in [0.717, 1.165) is 6.07 Å². The molecule has 0 aliphatic rings. The first-order chi connectivity index (χ1) is 9.08. The van der Waals surface area contributed by atoms with Gasteiger partial charge in [-0.25, -0.2) is 8.78 Å². The van der Waals surface area contributed by atoms with Crippen molar-refractivity contribution >= 4 is 34.9 Å². The highest BCUT2D eigenvalue weighted by molar-refractivity contribution is 7.71. The second-order valence-corrected chi connectivity index (χ2v) is 4.79. The largest absolute Gasteiger partial charge is 0.328 e. The normalized spacial score (nSPS) is 11.1. The van der Waals surface area contributed by atoms with Gasteiger partial charge in [-0.05, 0) is 24.4 Å². The molecule has 0 saturated carbocycles. The smallest absolute Gasteiger partial charge is 0.182 e. The van der Waals surface area contributed by atoms with Gasteiger partial charge < -0.3 is 4.98 Å². The van der Waals surface area contributed by atoms with Gasteiger partial charge in [-0.3, -0.25) is 4.57 Å². The molecular formula is C13H7ClF2N2S. The third-order valence-corrected chi connectivity index (χ3v) is 3.41. The van der Waals surface area contributed by atoms with E-state index < -0.39 is 11.6 Å². The number of nitrogens with one attached hydrogen (secondary N) is 1. The molecule has 0 bridgehead atoms. The predicted octanol–water partition coefficient (Wildman–Crippen LogP) is 4.62. The summed E-state index contributed by atoms with van der Waals surface area (Å²) < 4.78 is 28.8. The van der Waals surface area contributed by atoms with Gasteiger partial charge in [-0.2, -0.15) is 0 Å². The summed E-state index contributed by atoms with van der Waals surface area (Å²) in [5, 5.41) is 0.448. The van der Waals surface area contributed by atoms with E-state index in [1.54, 1.807) is 24.3 Å². The summed E-state index contributed by atoms with van der Waals surface area (Å²) in [7, 11) is 0. The quantitative estimate of drug-likeness (QED) is 0.650. The first-order valence-corrected chi connectivity index (χ1v) is 6.21. The van der Waals surface area contributed by atoms with E-state index in [9.17, 15) is 8.78 Å². The van der Waals surface area contributed by atoms with Gasteiger partial charge in [0.25, 0.3) is 0 Å². The van der Waals surface area contributed by atoms with Crippen LogP contribution in [0.4, 0.5) is 8.78 Å². The highest BCUT2D eigenvalue weighted by Crippen LogP contribution is 2.27. The summed E-state index contributed by atoms with van der Waals surface area (Å²) in [6.45, 7) is 0. The van der Waals surface area contributed by atoms with Crippen LogP contribution in [0.3, 0.4) is 0 Å². The molecule has 0 atom stereocenters. The number of fused-ring (bicyclic) bond motifs is 1. The Labute approximate surface area is 117 Å². The molecular weight excluding hydrogens is 290 g/mol. The van der Waals surface area contributed by atoms with Crippen LogP contribution in [-0.4, -0.2) is 9.55 Å². The Morgan fingerprint density at radius 1 is 1.16 bits per heavy atom. The van der Waals surface area contributed by atoms with Crippen LogP contribution in [0.5, 0.6) is 0 Å². The van der Waals surface area contributed by atoms with Crippen LogP contribution in [0, 0.1) is 16.4 Å². The van der Waals surface area contributed by atoms with Gasteiger partial charge in [-0.1, -0.05) is 23.7 Å². The molecule has 96 valence electrons. The zero-order valence-electron chi connectivity index (χ0n) is 9.45. The average molecular weight is 297 g/mol. The van der Waals surface area contributed by atoms with Crippen molar-refractivity contribution in [1.82, 2.24) is 9.55 Å². The summed E-state index contributed by atoms with van der Waals surface area (Å²) in [4.78, 5) is 2.73. The van der Waals surface area contributed by atoms with Crippen LogP contribution in [0.25, 0.3) is 16.7 Å². The van der Waals surface area contributed by atoms with Crippen molar-refractivity contribution in [3.63, 3.8) is 0 Å². The molecule has 1 heterocycles. The second kappa shape index (κ2) is 4.43. The molecule has 0 aliphatic heterocycles. The third kappa shape index (κ3) is 1.95. The number of rotatable bonds is 1. The first kappa shape index (κ1) is 12.3. The molecule has 1 aromatic heterocycles. The Morgan fingerprint density at radius 2 is 1.89 bits per heavy atom. The Hall–Kier alpha value is -1.72. The predicted molar refractivity (Wildman–Crippen MR) is 73.4 cm³/mol. The summed E-state index contributed by atoms with van der Waals surface area (Å²) in [5.41, 5.74) is 1.05. The van der Waals surface area contributed by atoms with Crippen molar-refractivity contribution in [2.45, 2.75) is 0 Å². The van der Waals surface area contributed by atoms with E-state index in [4.69, 9.17) is 23.8 Å². The van der Waals surface area contributed by atoms with Crippen molar-refractivity contribution in [1.29, 1.82) is 0 Å². The highest BCUT2D eigenvalue weighted by Gasteiger charge is 2.13. The SMILES string of the molecule is Fc1cc(F)c2[nH]c(=S)n(-c3ccccc3Cl)c2c1. The summed E-state index contributed by atoms with van der Waals surface area (Å²) >= 11 is 11.3. The minimum absolute atomic E-state index is 0.159. The van der Waals surface area contributed by atoms with Crippen LogP contribution in [-0.2, 0) is 0 Å². The molecule has 0 aliphatic carbocycles. The molecule has 0 unspecified atom stereocenters. The second-order valence-electron chi connectivity index (χ2n) is 4.00. The molecule has 0 saturated heterocycles. The summed E-state index contributed by atoms with van der Waals surface area (Å²) in [6, 6.07) is 8.99. The fourth-order valence-electron chi connectivity index (χ4n) is 2.00. The maximum Gasteiger partial charge on any atom is 0.182 e. The lowest BCUT2D eigenvalue weighted by Crippen LogP contribution is -1.95. The summed E-state index contributed by atoms with van der Waals surface area (Å²) in [6.07, 6.45) is 0. The number of halogens is 3. The van der Waals surface area contributed by atoms with E-state index in [1.807, 2.05) is 0 Å². The maximum absolute atomic E-state index is 13.7. The fourth-order valence-corrected chi connectivity index (χ4v) is 2.52. The van der Waals surface area contributed by atoms with E-state index in [-0.39, 0.29) is 10.3 Å². The van der Waals surface area contributed by atoms with Crippen molar-refractivity contribution in [3.05, 3.63) is 57.8 Å². The van der Waals surface area contributed by atoms with Crippen molar-refractivity contribution < 1.29 is 8.78 Å². The lowest BCUT2D eigenvalue weighted by atomic mass is 10.2. The topological polar surface area (TPSA) is 20.7 Å². The number of para-hydroxylation sites is 1. The lowest BCUT2D eigenvalue weighted by molar-refractivity contribution is 0.590. The number of aromatic nitrogens is 2. The van der Waals surface area contributed by atoms with E-state index in [1.165, 1.54) is 10.6 Å². The van der Waals surface area contributed by atoms with Crippen LogP contribution < -0.4 is 0 Å². The van der Waals surface area contributed by atoms with Gasteiger partial charge >= 0.3 is 0 Å². The molecule has 0 radical (unpaired) electrons. The highest BCUT2D eigenvalue weighted by atomic mass is 35.5. The Balaban J connectivity index is 2.45. The molecule has 6 heteroatoms. The number of benzene rings is 2. The molecule has 2 aromatic carbocycles. The van der Waals surface area contributed by atoms with E-state index in [0.29, 0.717) is 16.2 Å². The van der Waals surface area contributed by atoms with Gasteiger partial charge in [0.15, 0.2) is 10.6 Å². The Bertz CT molecular complexity index is 838. The fraction of sp³-hybridized carbons (Fsp3) is 0. The molecule has 2 nitrogen and oxygen atoms in total. The molecule has 0 fully saturated rings. The average Bonchev–Trinajstić information content (AvgIpc) is 2.67. The Morgan fingerprint density at radius 3 is 2.63 bits per heavy atom. The molecule has 19 heavy (non-hydrogen) atoms. The standard InChI is InChI=1S/C13H7ClF2N2S/c14-8-3-1-2-4-10(8)18-11-6-7(15)5-9(16)12(11)17-13(18)19/h1-6H,(H,17,19). The number of nitrogens with zero attached hydrogens (tertiary/aromatic N) is 1. The zero-order chi connectivity index (χ0) is 13.6. The number of hydrogen-bond donors (Lipinski definition) is 1. The van der Waals surface area contributed by atoms with Crippen molar-refractivity contribution in [2.24, 2.45) is 0 Å². The number of hydrogen-bond acceptors (Lipinski definition) is 1. The summed E-state index contributed by atoms with van der Waals surface area (Å²) in [5.74, 6) is -1.35. The first-order valence-electron chi connectivity index (χ1n) is 5.42. The van der Waals surface area contributed by atoms with Crippen molar-refractivity contribution in [2.75, 3.05) is 0 Å². The van der Waals surface area contributed by atoms with Crippen LogP contribution in [0.2, 0.25) is 5.02 Å². The minimum atomic E-state index is -0.688. The lowest BCUT2D eigenvalue weighted by Gasteiger charge is -2.06. The van der Waals surface area contributed by atoms with Gasteiger partial charge in [0.1, 0.15) is 11.3 Å². The monoisotopic (exact) mass is 296 g/mol. The van der Waals surface area contributed by atoms with Crippen LogP contribution in [0.1, 0.15) is 0 Å². The maximum atomic E-state index is 13.7. The third-order valence-electron chi connectivity index (χ3n) is 2.80. The van der Waals surface area contributed by atoms with Crippen molar-refractivity contribution in [3.8, 4) is 5.69 Å². The molecule has 3 aromatic rings. The molecule has 0 amide bonds. The number of imidazole rings is 1.